The molecule has 0 aromatic heterocycles. The van der Waals surface area contributed by atoms with E-state index in [0.29, 0.717) is 0 Å². The van der Waals surface area contributed by atoms with Crippen molar-refractivity contribution in [1.29, 1.82) is 0 Å². The second-order valence-electron chi connectivity index (χ2n) is 4.02. The number of alkyl halides is 4. The molecule has 0 amide bonds. The van der Waals surface area contributed by atoms with Crippen LogP contribution in [0.15, 0.2) is 24.3 Å². The predicted octanol–water partition coefficient (Wildman–Crippen LogP) is 4.32. The minimum atomic E-state index is -4.27. The molecule has 96 valence electrons. The molecule has 1 aromatic rings. The summed E-state index contributed by atoms with van der Waals surface area (Å²) in [6.45, 7) is 4.80. The van der Waals surface area contributed by atoms with Gasteiger partial charge in [-0.3, -0.25) is 0 Å². The van der Waals surface area contributed by atoms with E-state index in [4.69, 9.17) is 0 Å². The highest BCUT2D eigenvalue weighted by Crippen LogP contribution is 2.30. The zero-order chi connectivity index (χ0) is 13.1. The molecule has 1 aromatic carbocycles. The van der Waals surface area contributed by atoms with Gasteiger partial charge in [-0.2, -0.15) is 13.2 Å². The van der Waals surface area contributed by atoms with E-state index < -0.39 is 11.7 Å². The van der Waals surface area contributed by atoms with Gasteiger partial charge in [0.2, 0.25) is 0 Å². The van der Waals surface area contributed by atoms with E-state index in [1.807, 2.05) is 13.8 Å². The summed E-state index contributed by atoms with van der Waals surface area (Å²) in [6, 6.07) is 5.54. The van der Waals surface area contributed by atoms with Gasteiger partial charge in [-0.1, -0.05) is 15.9 Å². The lowest BCUT2D eigenvalue weighted by Crippen LogP contribution is -2.32. The number of rotatable bonds is 4. The lowest BCUT2D eigenvalue weighted by Gasteiger charge is -2.28. The van der Waals surface area contributed by atoms with Crippen LogP contribution in [0.3, 0.4) is 0 Å². The molecule has 0 aliphatic rings. The fourth-order valence-electron chi connectivity index (χ4n) is 1.62. The van der Waals surface area contributed by atoms with E-state index in [1.165, 1.54) is 12.1 Å². The Kier molecular flexibility index (Phi) is 4.86. The Balaban J connectivity index is 2.92. The minimum absolute atomic E-state index is 0.254. The van der Waals surface area contributed by atoms with Crippen molar-refractivity contribution in [1.82, 2.24) is 0 Å². The number of hydrogen-bond acceptors (Lipinski definition) is 1. The molecule has 1 nitrogen and oxygen atoms in total. The number of halogens is 4. The Bertz CT molecular complexity index is 346. The van der Waals surface area contributed by atoms with Crippen LogP contribution < -0.4 is 4.90 Å². The first-order chi connectivity index (χ1) is 7.86. The van der Waals surface area contributed by atoms with Crippen molar-refractivity contribution in [3.63, 3.8) is 0 Å². The molecule has 17 heavy (non-hydrogen) atoms. The molecule has 0 radical (unpaired) electrons. The zero-order valence-electron chi connectivity index (χ0n) is 9.76. The highest BCUT2D eigenvalue weighted by atomic mass is 79.9. The van der Waals surface area contributed by atoms with E-state index in [0.717, 1.165) is 29.7 Å². The normalized spacial score (nSPS) is 11.9. The molecular formula is C12H15BrF3N. The quantitative estimate of drug-likeness (QED) is 0.749. The second kappa shape index (κ2) is 5.76. The van der Waals surface area contributed by atoms with Crippen molar-refractivity contribution < 1.29 is 13.2 Å². The molecule has 5 heteroatoms. The second-order valence-corrected chi connectivity index (χ2v) is 4.81. The SMILES string of the molecule is CC(C)N(CCBr)c1ccc(C(F)(F)F)cc1. The first-order valence-electron chi connectivity index (χ1n) is 5.36. The zero-order valence-corrected chi connectivity index (χ0v) is 11.3. The van der Waals surface area contributed by atoms with Crippen LogP contribution in [0.5, 0.6) is 0 Å². The Morgan fingerprint density at radius 1 is 1.18 bits per heavy atom. The van der Waals surface area contributed by atoms with Crippen LogP contribution in [0.25, 0.3) is 0 Å². The number of hydrogen-bond donors (Lipinski definition) is 0. The van der Waals surface area contributed by atoms with Crippen molar-refractivity contribution >= 4 is 21.6 Å². The van der Waals surface area contributed by atoms with Gasteiger partial charge in [0.25, 0.3) is 0 Å². The van der Waals surface area contributed by atoms with E-state index in [-0.39, 0.29) is 6.04 Å². The Labute approximate surface area is 108 Å². The van der Waals surface area contributed by atoms with Gasteiger partial charge in [0.1, 0.15) is 0 Å². The summed E-state index contributed by atoms with van der Waals surface area (Å²) in [6.07, 6.45) is -4.27. The molecule has 1 rings (SSSR count). The number of benzene rings is 1. The molecule has 0 aliphatic carbocycles. The lowest BCUT2D eigenvalue weighted by atomic mass is 10.1. The van der Waals surface area contributed by atoms with Crippen molar-refractivity contribution in [2.24, 2.45) is 0 Å². The summed E-state index contributed by atoms with van der Waals surface area (Å²) in [4.78, 5) is 2.05. The average molecular weight is 310 g/mol. The first kappa shape index (κ1) is 14.4. The van der Waals surface area contributed by atoms with Crippen LogP contribution in [0.1, 0.15) is 19.4 Å². The van der Waals surface area contributed by atoms with Gasteiger partial charge in [-0.15, -0.1) is 0 Å². The summed E-state index contributed by atoms with van der Waals surface area (Å²) in [7, 11) is 0. The Hall–Kier alpha value is -0.710. The van der Waals surface area contributed by atoms with Crippen molar-refractivity contribution in [3.05, 3.63) is 29.8 Å². The topological polar surface area (TPSA) is 3.24 Å². The van der Waals surface area contributed by atoms with E-state index in [9.17, 15) is 13.2 Å². The molecule has 0 atom stereocenters. The van der Waals surface area contributed by atoms with E-state index >= 15 is 0 Å². The molecule has 0 unspecified atom stereocenters. The third-order valence-corrected chi connectivity index (χ3v) is 2.83. The maximum Gasteiger partial charge on any atom is 0.416 e. The summed E-state index contributed by atoms with van der Waals surface area (Å²) in [5.41, 5.74) is 0.205. The molecule has 0 bridgehead atoms. The summed E-state index contributed by atoms with van der Waals surface area (Å²) < 4.78 is 37.2. The van der Waals surface area contributed by atoms with Crippen LogP contribution in [0.2, 0.25) is 0 Å². The first-order valence-corrected chi connectivity index (χ1v) is 6.48. The summed E-state index contributed by atoms with van der Waals surface area (Å²) in [5.74, 6) is 0. The third-order valence-electron chi connectivity index (χ3n) is 2.48. The van der Waals surface area contributed by atoms with E-state index in [1.54, 1.807) is 0 Å². The maximum atomic E-state index is 12.4. The smallest absolute Gasteiger partial charge is 0.368 e. The van der Waals surface area contributed by atoms with E-state index in [2.05, 4.69) is 20.8 Å². The van der Waals surface area contributed by atoms with Crippen LogP contribution in [0, 0.1) is 0 Å². The maximum absolute atomic E-state index is 12.4. The van der Waals surface area contributed by atoms with Crippen molar-refractivity contribution in [2.45, 2.75) is 26.1 Å². The van der Waals surface area contributed by atoms with Gasteiger partial charge in [0.15, 0.2) is 0 Å². The highest BCUT2D eigenvalue weighted by molar-refractivity contribution is 9.09. The molecule has 0 spiro atoms. The molecule has 0 N–H and O–H groups in total. The molecule has 0 saturated carbocycles. The molecule has 0 heterocycles. The van der Waals surface area contributed by atoms with Crippen LogP contribution in [-0.2, 0) is 6.18 Å². The fraction of sp³-hybridized carbons (Fsp3) is 0.500. The minimum Gasteiger partial charge on any atom is -0.368 e. The van der Waals surface area contributed by atoms with Crippen molar-refractivity contribution in [3.8, 4) is 0 Å². The van der Waals surface area contributed by atoms with Gasteiger partial charge in [0.05, 0.1) is 5.56 Å². The molecular weight excluding hydrogens is 295 g/mol. The van der Waals surface area contributed by atoms with Crippen LogP contribution >= 0.6 is 15.9 Å². The molecule has 0 fully saturated rings. The standard InChI is InChI=1S/C12H15BrF3N/c1-9(2)17(8-7-13)11-5-3-10(4-6-11)12(14,15)16/h3-6,9H,7-8H2,1-2H3. The largest absolute Gasteiger partial charge is 0.416 e. The van der Waals surface area contributed by atoms with Gasteiger partial charge >= 0.3 is 6.18 Å². The molecule has 0 saturated heterocycles. The van der Waals surface area contributed by atoms with Gasteiger partial charge in [0, 0.05) is 23.6 Å². The fourth-order valence-corrected chi connectivity index (χ4v) is 2.00. The van der Waals surface area contributed by atoms with Crippen molar-refractivity contribution in [2.75, 3.05) is 16.8 Å². The lowest BCUT2D eigenvalue weighted by molar-refractivity contribution is -0.137. The summed E-state index contributed by atoms with van der Waals surface area (Å²) >= 11 is 3.34. The number of nitrogens with zero attached hydrogens (tertiary/aromatic N) is 1. The highest BCUT2D eigenvalue weighted by Gasteiger charge is 2.30. The molecule has 0 aliphatic heterocycles. The van der Waals surface area contributed by atoms with Gasteiger partial charge < -0.3 is 4.90 Å². The number of anilines is 1. The van der Waals surface area contributed by atoms with Gasteiger partial charge in [-0.05, 0) is 38.1 Å². The third kappa shape index (κ3) is 3.91. The predicted molar refractivity (Wildman–Crippen MR) is 67.7 cm³/mol. The average Bonchev–Trinajstić information content (AvgIpc) is 2.24. The van der Waals surface area contributed by atoms with Crippen LogP contribution in [-0.4, -0.2) is 17.9 Å². The Morgan fingerprint density at radius 2 is 1.71 bits per heavy atom. The summed E-state index contributed by atoms with van der Waals surface area (Å²) in [5, 5.41) is 0.784. The monoisotopic (exact) mass is 309 g/mol. The Morgan fingerprint density at radius 3 is 2.06 bits per heavy atom. The van der Waals surface area contributed by atoms with Gasteiger partial charge in [-0.25, -0.2) is 0 Å². The van der Waals surface area contributed by atoms with Crippen LogP contribution in [0.4, 0.5) is 18.9 Å².